The Labute approximate surface area is 309 Å². The van der Waals surface area contributed by atoms with Crippen LogP contribution in [0.5, 0.6) is 0 Å². The predicted octanol–water partition coefficient (Wildman–Crippen LogP) is 9.07. The number of hydrogen-bond donors (Lipinski definition) is 0. The number of fused-ring (bicyclic) bond motifs is 2. The van der Waals surface area contributed by atoms with Crippen LogP contribution in [-0.2, 0) is 54.4 Å². The molecule has 286 valence electrons. The molecule has 0 saturated carbocycles. The van der Waals surface area contributed by atoms with Crippen molar-refractivity contribution in [2.45, 2.75) is 45.0 Å². The Morgan fingerprint density at radius 2 is 0.796 bits per heavy atom. The average molecular weight is 953 g/mol. The second-order valence-corrected chi connectivity index (χ2v) is 10.9. The third-order valence-electron chi connectivity index (χ3n) is 6.48. The molecule has 0 spiro atoms. The van der Waals surface area contributed by atoms with Crippen molar-refractivity contribution in [3.05, 3.63) is 107 Å². The van der Waals surface area contributed by atoms with Gasteiger partial charge in [-0.25, -0.2) is 0 Å². The van der Waals surface area contributed by atoms with Crippen LogP contribution in [-0.4, -0.2) is 41.6 Å². The Kier molecular flexibility index (Phi) is 13.2. The van der Waals surface area contributed by atoms with E-state index in [9.17, 15) is 62.3 Å². The zero-order valence-corrected chi connectivity index (χ0v) is 29.4. The van der Waals surface area contributed by atoms with Crippen LogP contribution >= 0.6 is 0 Å². The molecule has 0 fully saturated rings. The quantitative estimate of drug-likeness (QED) is 0.0995. The van der Waals surface area contributed by atoms with Gasteiger partial charge in [-0.15, -0.1) is 36.4 Å². The standard InChI is InChI=1S/2C14H6F6N3.C5H8O2.Ir/c2*15-13(16,17)8-5-9(14(18,19)20)7-10(6-8)23-21-11-3-1-2-4-12(11)22-23;1-4(6)3-5(2)7;/h2*1-6H;3H2,1-2H3;/q2*-1;;+3. The van der Waals surface area contributed by atoms with E-state index in [1.807, 2.05) is 12.1 Å². The van der Waals surface area contributed by atoms with Crippen molar-refractivity contribution >= 4 is 33.6 Å². The smallest absolute Gasteiger partial charge is 0.300 e. The Morgan fingerprint density at radius 3 is 1.00 bits per heavy atom. The molecule has 0 aliphatic rings. The number of halogens is 12. The summed E-state index contributed by atoms with van der Waals surface area (Å²) in [7, 11) is 0. The van der Waals surface area contributed by atoms with E-state index in [4.69, 9.17) is 0 Å². The van der Waals surface area contributed by atoms with Gasteiger partial charge in [-0.05, 0) is 49.5 Å². The van der Waals surface area contributed by atoms with Gasteiger partial charge in [0.15, 0.2) is 0 Å². The van der Waals surface area contributed by atoms with Crippen LogP contribution in [0.2, 0.25) is 0 Å². The van der Waals surface area contributed by atoms with Gasteiger partial charge in [0, 0.05) is 0 Å². The van der Waals surface area contributed by atoms with Crippen molar-refractivity contribution in [2.75, 3.05) is 0 Å². The summed E-state index contributed by atoms with van der Waals surface area (Å²) < 4.78 is 154. The Morgan fingerprint density at radius 1 is 0.519 bits per heavy atom. The third kappa shape index (κ3) is 11.4. The summed E-state index contributed by atoms with van der Waals surface area (Å²) in [5.41, 5.74) is -5.68. The third-order valence-corrected chi connectivity index (χ3v) is 6.48. The molecule has 0 saturated heterocycles. The predicted molar refractivity (Wildman–Crippen MR) is 161 cm³/mol. The molecule has 0 unspecified atom stereocenters. The number of alkyl halides is 12. The molecule has 2 heterocycles. The summed E-state index contributed by atoms with van der Waals surface area (Å²) in [4.78, 5) is 21.5. The SMILES string of the molecule is CC(=O)CC(C)=O.FC(F)(F)c1[c-]c(-n2nc3ccccc3n2)cc(C(F)(F)F)c1.FC(F)(F)c1[c-]c(-n2nc3ccccc3n2)cc(C(F)(F)F)c1.[Ir+3]. The molecule has 54 heavy (non-hydrogen) atoms. The fraction of sp³-hybridized carbons (Fsp3) is 0.212. The second-order valence-electron chi connectivity index (χ2n) is 10.9. The molecule has 6 aromatic rings. The van der Waals surface area contributed by atoms with E-state index in [1.54, 1.807) is 24.3 Å². The van der Waals surface area contributed by atoms with Gasteiger partial charge in [0.2, 0.25) is 0 Å². The van der Waals surface area contributed by atoms with Crippen molar-refractivity contribution in [2.24, 2.45) is 0 Å². The fourth-order valence-electron chi connectivity index (χ4n) is 4.24. The van der Waals surface area contributed by atoms with Gasteiger partial charge in [0.25, 0.3) is 0 Å². The largest absolute Gasteiger partial charge is 3.00 e. The van der Waals surface area contributed by atoms with Crippen molar-refractivity contribution in [1.29, 1.82) is 0 Å². The van der Waals surface area contributed by atoms with Crippen molar-refractivity contribution in [3.63, 3.8) is 0 Å². The van der Waals surface area contributed by atoms with Crippen LogP contribution in [0.25, 0.3) is 33.4 Å². The minimum absolute atomic E-state index is 0. The van der Waals surface area contributed by atoms with Crippen LogP contribution in [0, 0.1) is 12.1 Å². The molecular weight excluding hydrogens is 933 g/mol. The molecule has 2 aromatic heterocycles. The summed E-state index contributed by atoms with van der Waals surface area (Å²) in [5, 5.41) is 15.5. The molecule has 4 aromatic carbocycles. The molecule has 0 aliphatic heterocycles. The van der Waals surface area contributed by atoms with Crippen molar-refractivity contribution in [3.8, 4) is 11.4 Å². The molecule has 0 aliphatic carbocycles. The van der Waals surface area contributed by atoms with E-state index >= 15 is 0 Å². The normalized spacial score (nSPS) is 12.0. The minimum atomic E-state index is -4.97. The zero-order valence-electron chi connectivity index (χ0n) is 27.0. The molecular formula is C33H20F12IrN6O2+. The first-order chi connectivity index (χ1) is 24.4. The van der Waals surface area contributed by atoms with E-state index in [0.29, 0.717) is 43.8 Å². The maximum Gasteiger partial charge on any atom is 3.00 e. The minimum Gasteiger partial charge on any atom is -0.300 e. The van der Waals surface area contributed by atoms with Crippen LogP contribution in [0.4, 0.5) is 52.7 Å². The van der Waals surface area contributed by atoms with Gasteiger partial charge in [-0.1, -0.05) is 46.5 Å². The number of benzene rings is 4. The number of Topliss-reactive ketones (excluding diaryl/α,β-unsaturated/α-hetero) is 2. The van der Waals surface area contributed by atoms with Crippen molar-refractivity contribution < 1.29 is 82.4 Å². The number of rotatable bonds is 4. The van der Waals surface area contributed by atoms with E-state index in [1.165, 1.54) is 38.1 Å². The number of carbonyl (C=O) groups is 2. The molecule has 0 N–H and O–H groups in total. The summed E-state index contributed by atoms with van der Waals surface area (Å²) in [5.74, 6) is -0.125. The maximum absolute atomic E-state index is 12.8. The number of nitrogens with zero attached hydrogens (tertiary/aromatic N) is 6. The van der Waals surface area contributed by atoms with Gasteiger partial charge in [-0.2, -0.15) is 82.7 Å². The van der Waals surface area contributed by atoms with Crippen molar-refractivity contribution in [1.82, 2.24) is 30.0 Å². The average Bonchev–Trinajstić information content (AvgIpc) is 3.68. The molecule has 6 rings (SSSR count). The van der Waals surface area contributed by atoms with Crippen LogP contribution in [0.1, 0.15) is 42.5 Å². The van der Waals surface area contributed by atoms with Crippen LogP contribution < -0.4 is 0 Å². The van der Waals surface area contributed by atoms with Gasteiger partial charge >= 0.3 is 44.8 Å². The first-order valence-electron chi connectivity index (χ1n) is 14.5. The second kappa shape index (κ2) is 16.5. The molecule has 0 radical (unpaired) electrons. The first kappa shape index (κ1) is 43.2. The first-order valence-corrected chi connectivity index (χ1v) is 14.5. The summed E-state index contributed by atoms with van der Waals surface area (Å²) >= 11 is 0. The Balaban J connectivity index is 0.000000244. The molecule has 0 atom stereocenters. The van der Waals surface area contributed by atoms with Gasteiger partial charge in [0.05, 0.1) is 6.42 Å². The van der Waals surface area contributed by atoms with E-state index < -0.39 is 58.3 Å². The molecule has 8 nitrogen and oxygen atoms in total. The van der Waals surface area contributed by atoms with E-state index in [-0.39, 0.29) is 50.2 Å². The van der Waals surface area contributed by atoms with E-state index in [2.05, 4.69) is 20.4 Å². The van der Waals surface area contributed by atoms with Gasteiger partial charge < -0.3 is 0 Å². The Hall–Kier alpha value is -5.17. The van der Waals surface area contributed by atoms with Gasteiger partial charge in [-0.3, -0.25) is 9.59 Å². The monoisotopic (exact) mass is 953 g/mol. The maximum atomic E-state index is 12.8. The molecule has 0 amide bonds. The van der Waals surface area contributed by atoms with E-state index in [0.717, 1.165) is 0 Å². The number of hydrogen-bond acceptors (Lipinski definition) is 6. The molecule has 21 heteroatoms. The summed E-state index contributed by atoms with van der Waals surface area (Å²) in [6, 6.07) is 17.5. The summed E-state index contributed by atoms with van der Waals surface area (Å²) in [6.07, 6.45) is -19.7. The molecule has 0 bridgehead atoms. The van der Waals surface area contributed by atoms with Crippen LogP contribution in [0.3, 0.4) is 0 Å². The number of carbonyl (C=O) groups excluding carboxylic acids is 2. The fourth-order valence-corrected chi connectivity index (χ4v) is 4.24. The Bertz CT molecular complexity index is 1970. The zero-order chi connectivity index (χ0) is 39.5. The topological polar surface area (TPSA) is 95.6 Å². The van der Waals surface area contributed by atoms with Gasteiger partial charge in [0.1, 0.15) is 33.6 Å². The summed E-state index contributed by atoms with van der Waals surface area (Å²) in [6.45, 7) is 2.81. The van der Waals surface area contributed by atoms with Crippen LogP contribution in [0.15, 0.2) is 72.8 Å². The number of aromatic nitrogens is 6. The number of ketones is 2.